The predicted molar refractivity (Wildman–Crippen MR) is 154 cm³/mol. The second-order valence-corrected chi connectivity index (χ2v) is 9.87. The number of amides is 1. The second-order valence-electron chi connectivity index (χ2n) is 9.87. The molecule has 36 heavy (non-hydrogen) atoms. The maximum absolute atomic E-state index is 12.4. The first kappa shape index (κ1) is 27.7. The van der Waals surface area contributed by atoms with Gasteiger partial charge in [-0.3, -0.25) is 4.79 Å². The van der Waals surface area contributed by atoms with Gasteiger partial charge in [-0.15, -0.1) is 0 Å². The molecule has 0 aliphatic rings. The van der Waals surface area contributed by atoms with E-state index < -0.39 is 0 Å². The lowest BCUT2D eigenvalue weighted by Gasteiger charge is -2.07. The van der Waals surface area contributed by atoms with Gasteiger partial charge in [0.15, 0.2) is 0 Å². The standard InChI is InChI=1S/C34H44NO/c1-2-3-4-5-6-7-8-9-10-14-28-35-34(36)33-26-22-30(23-27-33)17-15-16-29-20-24-32(25-21-29)31-18-12-11-13-19-31/h11-13,17-27H,2-10,14-16,28H2,1H3,(H,35,36). The summed E-state index contributed by atoms with van der Waals surface area (Å²) in [6.45, 7) is 3.04. The van der Waals surface area contributed by atoms with Crippen LogP contribution in [0.15, 0.2) is 78.9 Å². The highest BCUT2D eigenvalue weighted by molar-refractivity contribution is 5.94. The van der Waals surface area contributed by atoms with Crippen molar-refractivity contribution in [2.75, 3.05) is 6.54 Å². The highest BCUT2D eigenvalue weighted by atomic mass is 16.1. The third kappa shape index (κ3) is 10.4. The summed E-state index contributed by atoms with van der Waals surface area (Å²) in [5.74, 6) is 0.0379. The number of hydrogen-bond acceptors (Lipinski definition) is 1. The van der Waals surface area contributed by atoms with Crippen LogP contribution in [0.25, 0.3) is 11.1 Å². The van der Waals surface area contributed by atoms with Crippen molar-refractivity contribution in [1.29, 1.82) is 0 Å². The van der Waals surface area contributed by atoms with E-state index in [0.717, 1.165) is 31.4 Å². The molecule has 0 bridgehead atoms. The van der Waals surface area contributed by atoms with E-state index in [4.69, 9.17) is 0 Å². The molecule has 3 aromatic rings. The van der Waals surface area contributed by atoms with E-state index in [1.807, 2.05) is 30.3 Å². The van der Waals surface area contributed by atoms with Crippen molar-refractivity contribution in [1.82, 2.24) is 5.32 Å². The Morgan fingerprint density at radius 3 is 1.89 bits per heavy atom. The van der Waals surface area contributed by atoms with Gasteiger partial charge in [0.1, 0.15) is 0 Å². The maximum atomic E-state index is 12.4. The Hall–Kier alpha value is -2.87. The average molecular weight is 483 g/mol. The SMILES string of the molecule is CCCCCCCCCCCCNC(=O)c1ccc([CH]CCc2ccc(-c3ccccc3)cc2)cc1. The molecule has 0 spiro atoms. The minimum absolute atomic E-state index is 0.0379. The Kier molecular flexibility index (Phi) is 12.9. The van der Waals surface area contributed by atoms with Crippen LogP contribution in [0.5, 0.6) is 0 Å². The zero-order valence-electron chi connectivity index (χ0n) is 22.2. The van der Waals surface area contributed by atoms with E-state index >= 15 is 0 Å². The van der Waals surface area contributed by atoms with E-state index in [0.29, 0.717) is 0 Å². The molecule has 0 aliphatic heterocycles. The largest absolute Gasteiger partial charge is 0.352 e. The van der Waals surface area contributed by atoms with Gasteiger partial charge in [-0.2, -0.15) is 0 Å². The zero-order valence-corrected chi connectivity index (χ0v) is 22.2. The summed E-state index contributed by atoms with van der Waals surface area (Å²) in [5, 5.41) is 3.08. The van der Waals surface area contributed by atoms with E-state index in [-0.39, 0.29) is 5.91 Å². The molecule has 3 aromatic carbocycles. The van der Waals surface area contributed by atoms with Crippen molar-refractivity contribution >= 4 is 5.91 Å². The number of aryl methyl sites for hydroxylation is 1. The molecule has 0 saturated heterocycles. The van der Waals surface area contributed by atoms with Crippen LogP contribution in [0.3, 0.4) is 0 Å². The van der Waals surface area contributed by atoms with Crippen molar-refractivity contribution in [2.24, 2.45) is 0 Å². The van der Waals surface area contributed by atoms with Gasteiger partial charge in [-0.1, -0.05) is 131 Å². The molecule has 0 atom stereocenters. The van der Waals surface area contributed by atoms with Crippen molar-refractivity contribution < 1.29 is 4.79 Å². The third-order valence-corrected chi connectivity index (χ3v) is 6.86. The van der Waals surface area contributed by atoms with Gasteiger partial charge in [-0.05, 0) is 60.1 Å². The monoisotopic (exact) mass is 482 g/mol. The van der Waals surface area contributed by atoms with E-state index in [1.165, 1.54) is 80.0 Å². The fourth-order valence-electron chi connectivity index (χ4n) is 4.59. The number of hydrogen-bond donors (Lipinski definition) is 1. The summed E-state index contributed by atoms with van der Waals surface area (Å²) in [6.07, 6.45) is 17.4. The topological polar surface area (TPSA) is 29.1 Å². The Balaban J connectivity index is 1.26. The molecule has 0 heterocycles. The molecule has 0 aliphatic carbocycles. The molecule has 0 aromatic heterocycles. The first-order valence-corrected chi connectivity index (χ1v) is 14.1. The van der Waals surface area contributed by atoms with E-state index in [1.54, 1.807) is 0 Å². The molecule has 0 unspecified atom stereocenters. The molecule has 0 fully saturated rings. The summed E-state index contributed by atoms with van der Waals surface area (Å²) >= 11 is 0. The smallest absolute Gasteiger partial charge is 0.251 e. The van der Waals surface area contributed by atoms with Gasteiger partial charge in [0.05, 0.1) is 0 Å². The van der Waals surface area contributed by atoms with E-state index in [9.17, 15) is 4.79 Å². The molecular formula is C34H44NO. The second kappa shape index (κ2) is 16.7. The molecule has 2 heteroatoms. The molecular weight excluding hydrogens is 438 g/mol. The van der Waals surface area contributed by atoms with Crippen LogP contribution in [0.2, 0.25) is 0 Å². The first-order chi connectivity index (χ1) is 17.8. The molecule has 2 nitrogen and oxygen atoms in total. The summed E-state index contributed by atoms with van der Waals surface area (Å²) in [4.78, 5) is 12.4. The fourth-order valence-corrected chi connectivity index (χ4v) is 4.59. The summed E-state index contributed by atoms with van der Waals surface area (Å²) in [5.41, 5.74) is 5.76. The van der Waals surface area contributed by atoms with Gasteiger partial charge in [0.25, 0.3) is 5.91 Å². The van der Waals surface area contributed by atoms with Crippen LogP contribution >= 0.6 is 0 Å². The van der Waals surface area contributed by atoms with Crippen molar-refractivity contribution in [2.45, 2.75) is 84.0 Å². The van der Waals surface area contributed by atoms with Gasteiger partial charge >= 0.3 is 0 Å². The summed E-state index contributed by atoms with van der Waals surface area (Å²) in [7, 11) is 0. The van der Waals surface area contributed by atoms with Crippen LogP contribution in [-0.4, -0.2) is 12.5 Å². The molecule has 191 valence electrons. The van der Waals surface area contributed by atoms with Crippen molar-refractivity contribution in [3.8, 4) is 11.1 Å². The highest BCUT2D eigenvalue weighted by Crippen LogP contribution is 2.20. The summed E-state index contributed by atoms with van der Waals surface area (Å²) in [6, 6.07) is 27.3. The van der Waals surface area contributed by atoms with Crippen molar-refractivity contribution in [3.05, 3.63) is 102 Å². The molecule has 1 radical (unpaired) electrons. The molecule has 3 rings (SSSR count). The Morgan fingerprint density at radius 2 is 1.25 bits per heavy atom. The Bertz CT molecular complexity index is 976. The quantitative estimate of drug-likeness (QED) is 0.191. The van der Waals surface area contributed by atoms with Gasteiger partial charge < -0.3 is 5.32 Å². The van der Waals surface area contributed by atoms with Crippen LogP contribution in [-0.2, 0) is 6.42 Å². The van der Waals surface area contributed by atoms with Gasteiger partial charge in [-0.25, -0.2) is 0 Å². The predicted octanol–water partition coefficient (Wildman–Crippen LogP) is 9.19. The number of rotatable bonds is 17. The lowest BCUT2D eigenvalue weighted by atomic mass is 10.00. The van der Waals surface area contributed by atoms with Crippen LogP contribution in [0.4, 0.5) is 0 Å². The first-order valence-electron chi connectivity index (χ1n) is 14.1. The Labute approximate surface area is 219 Å². The van der Waals surface area contributed by atoms with Gasteiger partial charge in [0.2, 0.25) is 0 Å². The fraction of sp³-hybridized carbons (Fsp3) is 0.412. The van der Waals surface area contributed by atoms with Gasteiger partial charge in [0, 0.05) is 12.1 Å². The lowest BCUT2D eigenvalue weighted by molar-refractivity contribution is 0.0953. The minimum Gasteiger partial charge on any atom is -0.352 e. The molecule has 1 N–H and O–H groups in total. The maximum Gasteiger partial charge on any atom is 0.251 e. The van der Waals surface area contributed by atoms with Crippen LogP contribution in [0.1, 0.15) is 99.0 Å². The minimum atomic E-state index is 0.0379. The Morgan fingerprint density at radius 1 is 0.667 bits per heavy atom. The van der Waals surface area contributed by atoms with E-state index in [2.05, 4.69) is 67.2 Å². The molecule has 0 saturated carbocycles. The lowest BCUT2D eigenvalue weighted by Crippen LogP contribution is -2.24. The normalized spacial score (nSPS) is 10.9. The molecule has 1 amide bonds. The number of carbonyl (C=O) groups excluding carboxylic acids is 1. The average Bonchev–Trinajstić information content (AvgIpc) is 2.93. The highest BCUT2D eigenvalue weighted by Gasteiger charge is 2.05. The number of benzene rings is 3. The van der Waals surface area contributed by atoms with Crippen molar-refractivity contribution in [3.63, 3.8) is 0 Å². The summed E-state index contributed by atoms with van der Waals surface area (Å²) < 4.78 is 0. The zero-order chi connectivity index (χ0) is 25.3. The number of nitrogens with one attached hydrogen (secondary N) is 1. The third-order valence-electron chi connectivity index (χ3n) is 6.86. The number of unbranched alkanes of at least 4 members (excludes halogenated alkanes) is 9. The van der Waals surface area contributed by atoms with Crippen LogP contribution in [0, 0.1) is 6.42 Å². The number of carbonyl (C=O) groups is 1. The van der Waals surface area contributed by atoms with Crippen LogP contribution < -0.4 is 5.32 Å².